The van der Waals surface area contributed by atoms with Crippen molar-refractivity contribution in [3.05, 3.63) is 17.7 Å². The van der Waals surface area contributed by atoms with Gasteiger partial charge in [0.25, 0.3) is 0 Å². The highest BCUT2D eigenvalue weighted by atomic mass is 16.2. The van der Waals surface area contributed by atoms with Gasteiger partial charge >= 0.3 is 0 Å². The Bertz CT molecular complexity index is 759. The van der Waals surface area contributed by atoms with Crippen molar-refractivity contribution in [2.75, 3.05) is 6.54 Å². The molecule has 9 nitrogen and oxygen atoms in total. The Hall–Kier alpha value is -2.71. The summed E-state index contributed by atoms with van der Waals surface area (Å²) in [7, 11) is 0. The van der Waals surface area contributed by atoms with E-state index in [1.165, 1.54) is 4.90 Å². The first-order chi connectivity index (χ1) is 12.8. The first kappa shape index (κ1) is 19.1. The quantitative estimate of drug-likeness (QED) is 0.620. The predicted molar refractivity (Wildman–Crippen MR) is 95.2 cm³/mol. The summed E-state index contributed by atoms with van der Waals surface area (Å²) >= 11 is 0. The minimum Gasteiger partial charge on any atom is -0.368 e. The number of nitrogens with one attached hydrogen (secondary N) is 2. The molecule has 1 aliphatic carbocycles. The van der Waals surface area contributed by atoms with Gasteiger partial charge in [0.05, 0.1) is 0 Å². The molecule has 27 heavy (non-hydrogen) atoms. The summed E-state index contributed by atoms with van der Waals surface area (Å²) in [5, 5.41) is 2.79. The zero-order valence-electron chi connectivity index (χ0n) is 15.4. The molecule has 3 amide bonds. The number of amides is 3. The van der Waals surface area contributed by atoms with E-state index in [1.807, 2.05) is 0 Å². The van der Waals surface area contributed by atoms with Crippen LogP contribution in [0.5, 0.6) is 0 Å². The third kappa shape index (κ3) is 4.35. The van der Waals surface area contributed by atoms with E-state index in [0.29, 0.717) is 43.7 Å². The van der Waals surface area contributed by atoms with E-state index in [-0.39, 0.29) is 30.4 Å². The minimum absolute atomic E-state index is 0.0653. The maximum absolute atomic E-state index is 13.1. The number of rotatable bonds is 6. The van der Waals surface area contributed by atoms with Gasteiger partial charge in [-0.1, -0.05) is 0 Å². The van der Waals surface area contributed by atoms with Gasteiger partial charge in [0.2, 0.25) is 17.7 Å². The van der Waals surface area contributed by atoms with Gasteiger partial charge in [-0.2, -0.15) is 0 Å². The van der Waals surface area contributed by atoms with Gasteiger partial charge in [-0.25, -0.2) is 4.98 Å². The standard InChI is InChI=1S/C18H25N5O4/c1-10-20-9-12(21-10)8-14(22-17(26)11-4-5-13(24)7-11)18(27)23-6-2-3-15(23)16(19)25/h9,11,14-15H,2-8H2,1H3,(H2,19,25)(H,20,21)(H,22,26)/t11-,14?,15?/m1/s1. The highest BCUT2D eigenvalue weighted by Crippen LogP contribution is 2.23. The largest absolute Gasteiger partial charge is 0.368 e. The molecule has 146 valence electrons. The highest BCUT2D eigenvalue weighted by Gasteiger charge is 2.38. The molecule has 1 saturated heterocycles. The Morgan fingerprint density at radius 1 is 1.41 bits per heavy atom. The van der Waals surface area contributed by atoms with Gasteiger partial charge in [0.1, 0.15) is 23.7 Å². The van der Waals surface area contributed by atoms with Crippen LogP contribution in [0.2, 0.25) is 0 Å². The van der Waals surface area contributed by atoms with Crippen LogP contribution in [0.1, 0.15) is 43.6 Å². The number of carbonyl (C=O) groups excluding carboxylic acids is 4. The van der Waals surface area contributed by atoms with Gasteiger partial charge < -0.3 is 20.9 Å². The van der Waals surface area contributed by atoms with E-state index in [0.717, 1.165) is 0 Å². The number of nitrogens with zero attached hydrogens (tertiary/aromatic N) is 2. The number of carbonyl (C=O) groups is 4. The van der Waals surface area contributed by atoms with Crippen molar-refractivity contribution >= 4 is 23.5 Å². The Kier molecular flexibility index (Phi) is 5.57. The van der Waals surface area contributed by atoms with Crippen LogP contribution >= 0.6 is 0 Å². The normalized spacial score (nSPS) is 23.4. The van der Waals surface area contributed by atoms with Crippen molar-refractivity contribution in [3.63, 3.8) is 0 Å². The van der Waals surface area contributed by atoms with Gasteiger partial charge in [-0.05, 0) is 26.2 Å². The average Bonchev–Trinajstić information content (AvgIpc) is 3.34. The molecule has 0 bridgehead atoms. The second kappa shape index (κ2) is 7.89. The highest BCUT2D eigenvalue weighted by molar-refractivity contribution is 5.94. The molecule has 0 aromatic carbocycles. The van der Waals surface area contributed by atoms with Crippen LogP contribution in [0, 0.1) is 12.8 Å². The summed E-state index contributed by atoms with van der Waals surface area (Å²) in [5.41, 5.74) is 6.14. The summed E-state index contributed by atoms with van der Waals surface area (Å²) in [5.74, 6) is -0.798. The fraction of sp³-hybridized carbons (Fsp3) is 0.611. The number of Topliss-reactive ketones (excluding diaryl/α,β-unsaturated/α-hetero) is 1. The third-order valence-electron chi connectivity index (χ3n) is 5.27. The number of likely N-dealkylation sites (tertiary alicyclic amines) is 1. The fourth-order valence-corrected chi connectivity index (χ4v) is 3.85. The van der Waals surface area contributed by atoms with Crippen molar-refractivity contribution in [1.82, 2.24) is 20.2 Å². The molecule has 1 aromatic rings. The summed E-state index contributed by atoms with van der Waals surface area (Å²) in [6, 6.07) is -1.48. The van der Waals surface area contributed by atoms with E-state index >= 15 is 0 Å². The predicted octanol–water partition coefficient (Wildman–Crippen LogP) is -0.409. The molecule has 9 heteroatoms. The molecule has 2 aliphatic rings. The SMILES string of the molecule is Cc1ncc(CC(NC(=O)[C@@H]2CCC(=O)C2)C(=O)N2CCCC2C(N)=O)[nH]1. The number of ketones is 1. The van der Waals surface area contributed by atoms with Crippen LogP contribution in [-0.2, 0) is 25.6 Å². The monoisotopic (exact) mass is 375 g/mol. The molecule has 3 atom stereocenters. The van der Waals surface area contributed by atoms with Crippen molar-refractivity contribution in [2.45, 2.75) is 57.5 Å². The molecule has 1 aliphatic heterocycles. The molecule has 2 heterocycles. The molecular weight excluding hydrogens is 350 g/mol. The lowest BCUT2D eigenvalue weighted by molar-refractivity contribution is -0.141. The Morgan fingerprint density at radius 3 is 2.78 bits per heavy atom. The fourth-order valence-electron chi connectivity index (χ4n) is 3.85. The number of imidazole rings is 1. The number of primary amides is 1. The molecule has 0 spiro atoms. The Balaban J connectivity index is 1.76. The van der Waals surface area contributed by atoms with Gasteiger partial charge in [-0.15, -0.1) is 0 Å². The first-order valence-electron chi connectivity index (χ1n) is 9.27. The molecule has 1 aromatic heterocycles. The van der Waals surface area contributed by atoms with E-state index in [9.17, 15) is 19.2 Å². The number of hydrogen-bond donors (Lipinski definition) is 3. The lowest BCUT2D eigenvalue weighted by Crippen LogP contribution is -2.54. The van der Waals surface area contributed by atoms with Crippen LogP contribution in [0.4, 0.5) is 0 Å². The molecule has 3 rings (SSSR count). The zero-order valence-corrected chi connectivity index (χ0v) is 15.4. The van der Waals surface area contributed by atoms with E-state index in [4.69, 9.17) is 5.73 Å². The summed E-state index contributed by atoms with van der Waals surface area (Å²) < 4.78 is 0. The minimum atomic E-state index is -0.840. The maximum atomic E-state index is 13.1. The average molecular weight is 375 g/mol. The lowest BCUT2D eigenvalue weighted by atomic mass is 10.0. The van der Waals surface area contributed by atoms with Crippen molar-refractivity contribution in [2.24, 2.45) is 11.7 Å². The second-order valence-corrected chi connectivity index (χ2v) is 7.33. The number of aromatic amines is 1. The number of aryl methyl sites for hydroxylation is 1. The van der Waals surface area contributed by atoms with Crippen LogP contribution < -0.4 is 11.1 Å². The number of aromatic nitrogens is 2. The van der Waals surface area contributed by atoms with Crippen molar-refractivity contribution < 1.29 is 19.2 Å². The smallest absolute Gasteiger partial charge is 0.246 e. The summed E-state index contributed by atoms with van der Waals surface area (Å²) in [6.07, 6.45) is 4.19. The summed E-state index contributed by atoms with van der Waals surface area (Å²) in [6.45, 7) is 2.23. The van der Waals surface area contributed by atoms with Crippen LogP contribution in [-0.4, -0.2) is 57.0 Å². The molecule has 0 radical (unpaired) electrons. The molecular formula is C18H25N5O4. The number of nitrogens with two attached hydrogens (primary N) is 1. The third-order valence-corrected chi connectivity index (χ3v) is 5.27. The lowest BCUT2D eigenvalue weighted by Gasteiger charge is -2.28. The number of H-pyrrole nitrogens is 1. The topological polar surface area (TPSA) is 138 Å². The number of hydrogen-bond acceptors (Lipinski definition) is 5. The molecule has 4 N–H and O–H groups in total. The Morgan fingerprint density at radius 2 is 2.19 bits per heavy atom. The van der Waals surface area contributed by atoms with E-state index in [2.05, 4.69) is 15.3 Å². The van der Waals surface area contributed by atoms with Crippen LogP contribution in [0.15, 0.2) is 6.20 Å². The molecule has 2 fully saturated rings. The molecule has 2 unspecified atom stereocenters. The molecule has 1 saturated carbocycles. The second-order valence-electron chi connectivity index (χ2n) is 7.33. The Labute approximate surface area is 157 Å². The zero-order chi connectivity index (χ0) is 19.6. The van der Waals surface area contributed by atoms with Gasteiger partial charge in [0.15, 0.2) is 0 Å². The van der Waals surface area contributed by atoms with E-state index < -0.39 is 23.9 Å². The van der Waals surface area contributed by atoms with Gasteiger partial charge in [-0.3, -0.25) is 19.2 Å². The van der Waals surface area contributed by atoms with Crippen molar-refractivity contribution in [1.29, 1.82) is 0 Å². The van der Waals surface area contributed by atoms with Gasteiger partial charge in [0, 0.05) is 43.6 Å². The van der Waals surface area contributed by atoms with Crippen LogP contribution in [0.3, 0.4) is 0 Å². The van der Waals surface area contributed by atoms with Crippen LogP contribution in [0.25, 0.3) is 0 Å². The van der Waals surface area contributed by atoms with Crippen molar-refractivity contribution in [3.8, 4) is 0 Å². The summed E-state index contributed by atoms with van der Waals surface area (Å²) in [4.78, 5) is 57.4. The van der Waals surface area contributed by atoms with E-state index in [1.54, 1.807) is 13.1 Å². The maximum Gasteiger partial charge on any atom is 0.246 e. The first-order valence-corrected chi connectivity index (χ1v) is 9.27.